The molecule has 0 radical (unpaired) electrons. The molecule has 0 saturated carbocycles. The van der Waals surface area contributed by atoms with E-state index in [4.69, 9.17) is 9.47 Å². The number of amides is 1. The molecule has 2 aliphatic heterocycles. The number of hydrogen-bond acceptors (Lipinski definition) is 7. The fourth-order valence-electron chi connectivity index (χ4n) is 3.35. The van der Waals surface area contributed by atoms with Crippen LogP contribution in [0.4, 0.5) is 5.69 Å². The first kappa shape index (κ1) is 21.0. The molecule has 9 nitrogen and oxygen atoms in total. The number of hydrogen-bond donors (Lipinski definition) is 1. The van der Waals surface area contributed by atoms with Crippen molar-refractivity contribution < 1.29 is 31.1 Å². The van der Waals surface area contributed by atoms with Crippen LogP contribution < -0.4 is 13.8 Å². The van der Waals surface area contributed by atoms with Crippen LogP contribution in [-0.4, -0.2) is 54.9 Å². The Kier molecular flexibility index (Phi) is 5.47. The minimum Gasteiger partial charge on any atom is -0.495 e. The van der Waals surface area contributed by atoms with Crippen molar-refractivity contribution >= 4 is 31.6 Å². The Hall–Kier alpha value is -1.69. The first-order chi connectivity index (χ1) is 13.0. The fraction of sp³-hybridized carbons (Fsp3) is 0.588. The average molecular weight is 433 g/mol. The molecule has 1 amide bonds. The van der Waals surface area contributed by atoms with Crippen LogP contribution in [0, 0.1) is 5.41 Å². The first-order valence-electron chi connectivity index (χ1n) is 8.85. The van der Waals surface area contributed by atoms with Gasteiger partial charge in [-0.1, -0.05) is 0 Å². The molecule has 0 spiro atoms. The number of anilines is 1. The number of rotatable bonds is 6. The second kappa shape index (κ2) is 7.29. The highest BCUT2D eigenvalue weighted by Gasteiger charge is 2.50. The fourth-order valence-corrected chi connectivity index (χ4v) is 6.70. The van der Waals surface area contributed by atoms with Gasteiger partial charge >= 0.3 is 0 Å². The van der Waals surface area contributed by atoms with Crippen LogP contribution in [0.15, 0.2) is 23.1 Å². The van der Waals surface area contributed by atoms with E-state index in [2.05, 4.69) is 4.72 Å². The summed E-state index contributed by atoms with van der Waals surface area (Å²) in [6, 6.07) is 3.84. The summed E-state index contributed by atoms with van der Waals surface area (Å²) < 4.78 is 64.3. The molecule has 3 rings (SSSR count). The molecule has 11 heteroatoms. The molecule has 1 atom stereocenters. The Morgan fingerprint density at radius 3 is 2.61 bits per heavy atom. The summed E-state index contributed by atoms with van der Waals surface area (Å²) in [6.45, 7) is 3.77. The van der Waals surface area contributed by atoms with Gasteiger partial charge < -0.3 is 9.47 Å². The van der Waals surface area contributed by atoms with Crippen LogP contribution in [0.2, 0.25) is 0 Å². The van der Waals surface area contributed by atoms with Gasteiger partial charge in [-0.2, -0.15) is 0 Å². The zero-order chi connectivity index (χ0) is 20.7. The van der Waals surface area contributed by atoms with Crippen molar-refractivity contribution in [3.05, 3.63) is 18.2 Å². The van der Waals surface area contributed by atoms with E-state index in [9.17, 15) is 21.6 Å². The van der Waals surface area contributed by atoms with E-state index in [0.717, 1.165) is 18.9 Å². The minimum atomic E-state index is -4.01. The van der Waals surface area contributed by atoms with Crippen molar-refractivity contribution in [3.8, 4) is 5.75 Å². The summed E-state index contributed by atoms with van der Waals surface area (Å²) in [7, 11) is -6.60. The molecule has 1 N–H and O–H groups in total. The number of methoxy groups -OCH3 is 1. The van der Waals surface area contributed by atoms with Crippen molar-refractivity contribution in [1.29, 1.82) is 0 Å². The molecule has 0 aromatic heterocycles. The third-order valence-corrected chi connectivity index (χ3v) is 8.25. The maximum Gasteiger partial charge on any atom is 0.247 e. The number of carbonyl (C=O) groups is 1. The number of nitrogens with one attached hydrogen (secondary N) is 1. The van der Waals surface area contributed by atoms with Gasteiger partial charge in [-0.05, 0) is 44.9 Å². The van der Waals surface area contributed by atoms with Crippen molar-refractivity contribution in [2.45, 2.75) is 37.7 Å². The van der Waals surface area contributed by atoms with Gasteiger partial charge in [-0.3, -0.25) is 4.79 Å². The number of ether oxygens (including phenoxy) is 2. The standard InChI is InChI=1S/C17H24N2O7S2/c1-17(2)11-27(21,22)19(16(17)20)12-6-7-14(25-3)15(9-12)28(23,24)18-10-13-5-4-8-26-13/h6-7,9,13,18H,4-5,8,10-11H2,1-3H3/t13-/m1/s1. The largest absolute Gasteiger partial charge is 0.495 e. The Morgan fingerprint density at radius 2 is 2.07 bits per heavy atom. The molecule has 0 unspecified atom stereocenters. The van der Waals surface area contributed by atoms with Gasteiger partial charge in [0, 0.05) is 13.2 Å². The molecule has 2 fully saturated rings. The summed E-state index contributed by atoms with van der Waals surface area (Å²) in [4.78, 5) is 12.4. The highest BCUT2D eigenvalue weighted by molar-refractivity contribution is 7.94. The Bertz CT molecular complexity index is 981. The Labute approximate surface area is 165 Å². The molecule has 28 heavy (non-hydrogen) atoms. The summed E-state index contributed by atoms with van der Waals surface area (Å²) in [5.41, 5.74) is -1.12. The highest BCUT2D eigenvalue weighted by Crippen LogP contribution is 2.38. The number of carbonyl (C=O) groups excluding carboxylic acids is 1. The summed E-state index contributed by atoms with van der Waals surface area (Å²) in [5.74, 6) is -0.898. The maximum atomic E-state index is 12.8. The molecule has 1 aromatic carbocycles. The summed E-state index contributed by atoms with van der Waals surface area (Å²) in [6.07, 6.45) is 1.43. The molecule has 2 aliphatic rings. The molecule has 2 saturated heterocycles. The van der Waals surface area contributed by atoms with Crippen molar-refractivity contribution in [2.75, 3.05) is 30.3 Å². The van der Waals surface area contributed by atoms with Gasteiger partial charge in [-0.25, -0.2) is 25.9 Å². The van der Waals surface area contributed by atoms with Crippen molar-refractivity contribution in [3.63, 3.8) is 0 Å². The third-order valence-electron chi connectivity index (χ3n) is 4.78. The van der Waals surface area contributed by atoms with Gasteiger partial charge in [0.15, 0.2) is 0 Å². The Balaban J connectivity index is 1.97. The lowest BCUT2D eigenvalue weighted by atomic mass is 9.95. The van der Waals surface area contributed by atoms with E-state index in [1.165, 1.54) is 33.1 Å². The van der Waals surface area contributed by atoms with E-state index in [1.807, 2.05) is 0 Å². The lowest BCUT2D eigenvalue weighted by molar-refractivity contribution is -0.123. The van der Waals surface area contributed by atoms with E-state index in [0.29, 0.717) is 10.9 Å². The van der Waals surface area contributed by atoms with Gasteiger partial charge in [0.05, 0.1) is 30.1 Å². The summed E-state index contributed by atoms with van der Waals surface area (Å²) in [5, 5.41) is 0. The van der Waals surface area contributed by atoms with Crippen molar-refractivity contribution in [1.82, 2.24) is 4.72 Å². The van der Waals surface area contributed by atoms with Gasteiger partial charge in [0.2, 0.25) is 26.0 Å². The van der Waals surface area contributed by atoms with Gasteiger partial charge in [0.1, 0.15) is 10.6 Å². The Morgan fingerprint density at radius 1 is 1.36 bits per heavy atom. The van der Waals surface area contributed by atoms with Crippen LogP contribution in [0.1, 0.15) is 26.7 Å². The van der Waals surface area contributed by atoms with Gasteiger partial charge in [-0.15, -0.1) is 0 Å². The van der Waals surface area contributed by atoms with Crippen LogP contribution >= 0.6 is 0 Å². The second-order valence-electron chi connectivity index (χ2n) is 7.53. The van der Waals surface area contributed by atoms with Crippen LogP contribution in [-0.2, 0) is 29.6 Å². The predicted molar refractivity (Wildman–Crippen MR) is 102 cm³/mol. The van der Waals surface area contributed by atoms with Crippen molar-refractivity contribution in [2.24, 2.45) is 5.41 Å². The van der Waals surface area contributed by atoms with E-state index < -0.39 is 31.4 Å². The predicted octanol–water partition coefficient (Wildman–Crippen LogP) is 0.855. The molecular weight excluding hydrogens is 408 g/mol. The zero-order valence-corrected chi connectivity index (χ0v) is 17.6. The van der Waals surface area contributed by atoms with E-state index in [1.54, 1.807) is 0 Å². The van der Waals surface area contributed by atoms with E-state index in [-0.39, 0.29) is 34.7 Å². The van der Waals surface area contributed by atoms with Gasteiger partial charge in [0.25, 0.3) is 0 Å². The third kappa shape index (κ3) is 3.88. The SMILES string of the molecule is COc1ccc(N2C(=O)C(C)(C)CS2(=O)=O)cc1S(=O)(=O)NC[C@H]1CCCO1. The zero-order valence-electron chi connectivity index (χ0n) is 16.0. The smallest absolute Gasteiger partial charge is 0.247 e. The lowest BCUT2D eigenvalue weighted by Crippen LogP contribution is -2.34. The van der Waals surface area contributed by atoms with Crippen LogP contribution in [0.5, 0.6) is 5.75 Å². The quantitative estimate of drug-likeness (QED) is 0.708. The number of benzene rings is 1. The second-order valence-corrected chi connectivity index (χ2v) is 11.1. The van der Waals surface area contributed by atoms with E-state index >= 15 is 0 Å². The number of sulfonamides is 2. The molecule has 156 valence electrons. The molecule has 0 aliphatic carbocycles. The topological polar surface area (TPSA) is 119 Å². The maximum absolute atomic E-state index is 12.8. The highest BCUT2D eigenvalue weighted by atomic mass is 32.2. The summed E-state index contributed by atoms with van der Waals surface area (Å²) >= 11 is 0. The normalized spacial score (nSPS) is 23.9. The molecular formula is C17H24N2O7S2. The molecule has 1 aromatic rings. The molecule has 0 bridgehead atoms. The molecule has 2 heterocycles. The van der Waals surface area contributed by atoms with Crippen LogP contribution in [0.25, 0.3) is 0 Å². The first-order valence-corrected chi connectivity index (χ1v) is 11.9. The monoisotopic (exact) mass is 432 g/mol. The average Bonchev–Trinajstić information content (AvgIpc) is 3.17. The van der Waals surface area contributed by atoms with Crippen LogP contribution in [0.3, 0.4) is 0 Å². The lowest BCUT2D eigenvalue weighted by Gasteiger charge is -2.19. The number of nitrogens with zero attached hydrogens (tertiary/aromatic N) is 1. The minimum absolute atomic E-state index is 0.0335.